The molecule has 1 aliphatic heterocycles. The normalized spacial score (nSPS) is 17.5. The third kappa shape index (κ3) is 3.83. The molecule has 0 aliphatic carbocycles. The number of aliphatic hydroxyl groups excluding tert-OH is 1. The average molecular weight is 359 g/mol. The SMILES string of the molecule is CCOC(=O)C1=C(O)C(=Cc2ccco2)SC1=Nc1ccc(F)cc1. The summed E-state index contributed by atoms with van der Waals surface area (Å²) in [7, 11) is 0. The molecule has 0 atom stereocenters. The number of hydrogen-bond acceptors (Lipinski definition) is 6. The third-order valence-corrected chi connectivity index (χ3v) is 4.26. The van der Waals surface area contributed by atoms with Crippen molar-refractivity contribution in [1.82, 2.24) is 0 Å². The van der Waals surface area contributed by atoms with Crippen LogP contribution in [0.5, 0.6) is 0 Å². The lowest BCUT2D eigenvalue weighted by Gasteiger charge is -2.03. The number of carbonyl (C=O) groups excluding carboxylic acids is 1. The van der Waals surface area contributed by atoms with Crippen molar-refractivity contribution in [3.05, 3.63) is 70.5 Å². The highest BCUT2D eigenvalue weighted by molar-refractivity contribution is 8.18. The quantitative estimate of drug-likeness (QED) is 0.807. The first-order valence-corrected chi connectivity index (χ1v) is 8.28. The lowest BCUT2D eigenvalue weighted by Crippen LogP contribution is -2.12. The zero-order chi connectivity index (χ0) is 17.8. The molecule has 0 spiro atoms. The fourth-order valence-electron chi connectivity index (χ4n) is 2.13. The molecular formula is C18H14FNO4S. The van der Waals surface area contributed by atoms with Gasteiger partial charge in [0.25, 0.3) is 0 Å². The second-order valence-electron chi connectivity index (χ2n) is 4.96. The van der Waals surface area contributed by atoms with Gasteiger partial charge in [-0.25, -0.2) is 14.2 Å². The summed E-state index contributed by atoms with van der Waals surface area (Å²) in [4.78, 5) is 17.0. The van der Waals surface area contributed by atoms with Crippen LogP contribution >= 0.6 is 11.8 Å². The number of thioether (sulfide) groups is 1. The lowest BCUT2D eigenvalue weighted by molar-refractivity contribution is -0.138. The van der Waals surface area contributed by atoms with Crippen LogP contribution < -0.4 is 0 Å². The van der Waals surface area contributed by atoms with Gasteiger partial charge in [-0.1, -0.05) is 11.8 Å². The van der Waals surface area contributed by atoms with Crippen LogP contribution in [-0.4, -0.2) is 22.7 Å². The Hall–Kier alpha value is -2.80. The van der Waals surface area contributed by atoms with Crippen LogP contribution in [0.25, 0.3) is 6.08 Å². The topological polar surface area (TPSA) is 72.0 Å². The van der Waals surface area contributed by atoms with Crippen molar-refractivity contribution in [2.24, 2.45) is 4.99 Å². The number of benzene rings is 1. The van der Waals surface area contributed by atoms with Crippen LogP contribution in [0.2, 0.25) is 0 Å². The van der Waals surface area contributed by atoms with E-state index < -0.39 is 5.97 Å². The van der Waals surface area contributed by atoms with E-state index in [9.17, 15) is 14.3 Å². The van der Waals surface area contributed by atoms with E-state index in [0.29, 0.717) is 16.4 Å². The average Bonchev–Trinajstić information content (AvgIpc) is 3.19. The molecule has 128 valence electrons. The Labute approximate surface area is 147 Å². The number of nitrogens with zero attached hydrogens (tertiary/aromatic N) is 1. The number of aliphatic hydroxyl groups is 1. The Balaban J connectivity index is 2.02. The van der Waals surface area contributed by atoms with Gasteiger partial charge in [-0.15, -0.1) is 0 Å². The summed E-state index contributed by atoms with van der Waals surface area (Å²) < 4.78 is 23.3. The minimum atomic E-state index is -0.670. The maximum Gasteiger partial charge on any atom is 0.344 e. The van der Waals surface area contributed by atoms with Crippen LogP contribution in [0.4, 0.5) is 10.1 Å². The number of hydrogen-bond donors (Lipinski definition) is 1. The van der Waals surface area contributed by atoms with Gasteiger partial charge in [-0.2, -0.15) is 0 Å². The van der Waals surface area contributed by atoms with Gasteiger partial charge >= 0.3 is 5.97 Å². The van der Waals surface area contributed by atoms with E-state index in [1.807, 2.05) is 0 Å². The van der Waals surface area contributed by atoms with Gasteiger partial charge in [0.15, 0.2) is 0 Å². The molecule has 0 unspecified atom stereocenters. The highest BCUT2D eigenvalue weighted by Crippen LogP contribution is 2.40. The molecule has 2 heterocycles. The third-order valence-electron chi connectivity index (χ3n) is 3.24. The first-order chi connectivity index (χ1) is 12.1. The van der Waals surface area contributed by atoms with Crippen molar-refractivity contribution in [2.75, 3.05) is 6.61 Å². The molecule has 25 heavy (non-hydrogen) atoms. The molecular weight excluding hydrogens is 345 g/mol. The first-order valence-electron chi connectivity index (χ1n) is 7.47. The van der Waals surface area contributed by atoms with Crippen molar-refractivity contribution in [3.8, 4) is 0 Å². The molecule has 7 heteroatoms. The Kier molecular flexibility index (Phi) is 5.04. The summed E-state index contributed by atoms with van der Waals surface area (Å²) in [6, 6.07) is 8.94. The van der Waals surface area contributed by atoms with Gasteiger partial charge in [0.05, 0.1) is 23.5 Å². The minimum Gasteiger partial charge on any atom is -0.506 e. The van der Waals surface area contributed by atoms with Crippen molar-refractivity contribution in [2.45, 2.75) is 6.92 Å². The van der Waals surface area contributed by atoms with Crippen molar-refractivity contribution < 1.29 is 23.4 Å². The largest absolute Gasteiger partial charge is 0.506 e. The molecule has 3 rings (SSSR count). The van der Waals surface area contributed by atoms with Crippen LogP contribution in [0.3, 0.4) is 0 Å². The molecule has 1 aromatic heterocycles. The molecule has 0 saturated heterocycles. The van der Waals surface area contributed by atoms with Crippen molar-refractivity contribution in [3.63, 3.8) is 0 Å². The first kappa shape index (κ1) is 17.0. The molecule has 0 radical (unpaired) electrons. The van der Waals surface area contributed by atoms with Gasteiger partial charge < -0.3 is 14.3 Å². The molecule has 2 aromatic rings. The van der Waals surface area contributed by atoms with Crippen molar-refractivity contribution >= 4 is 34.5 Å². The minimum absolute atomic E-state index is 0.0195. The molecule has 0 amide bonds. The van der Waals surface area contributed by atoms with E-state index >= 15 is 0 Å². The highest BCUT2D eigenvalue weighted by Gasteiger charge is 2.33. The Morgan fingerprint density at radius 2 is 2.12 bits per heavy atom. The van der Waals surface area contributed by atoms with Gasteiger partial charge in [-0.3, -0.25) is 0 Å². The molecule has 0 saturated carbocycles. The number of carbonyl (C=O) groups is 1. The van der Waals surface area contributed by atoms with Gasteiger partial charge in [-0.05, 0) is 49.4 Å². The number of aliphatic imine (C=N–C) groups is 1. The maximum absolute atomic E-state index is 13.0. The van der Waals surface area contributed by atoms with Gasteiger partial charge in [0.2, 0.25) is 0 Å². The van der Waals surface area contributed by atoms with E-state index in [4.69, 9.17) is 9.15 Å². The predicted octanol–water partition coefficient (Wildman–Crippen LogP) is 4.61. The molecule has 0 fully saturated rings. The van der Waals surface area contributed by atoms with E-state index in [1.165, 1.54) is 30.5 Å². The van der Waals surface area contributed by atoms with Crippen LogP contribution in [0.1, 0.15) is 12.7 Å². The Morgan fingerprint density at radius 1 is 1.36 bits per heavy atom. The zero-order valence-corrected chi connectivity index (χ0v) is 14.0. The monoisotopic (exact) mass is 359 g/mol. The molecule has 0 bridgehead atoms. The van der Waals surface area contributed by atoms with Gasteiger partial charge in [0, 0.05) is 0 Å². The molecule has 1 N–H and O–H groups in total. The summed E-state index contributed by atoms with van der Waals surface area (Å²) in [6.45, 7) is 1.84. The highest BCUT2D eigenvalue weighted by atomic mass is 32.2. The molecule has 1 aliphatic rings. The fraction of sp³-hybridized carbons (Fsp3) is 0.111. The number of halogens is 1. The maximum atomic E-state index is 13.0. The number of rotatable bonds is 4. The molecule has 1 aromatic carbocycles. The second-order valence-corrected chi connectivity index (χ2v) is 5.99. The summed E-state index contributed by atoms with van der Waals surface area (Å²) in [6.07, 6.45) is 3.11. The molecule has 5 nitrogen and oxygen atoms in total. The number of ether oxygens (including phenoxy) is 1. The van der Waals surface area contributed by atoms with Crippen LogP contribution in [0.15, 0.2) is 68.3 Å². The summed E-state index contributed by atoms with van der Waals surface area (Å²) >= 11 is 1.11. The summed E-state index contributed by atoms with van der Waals surface area (Å²) in [5, 5.41) is 10.7. The Morgan fingerprint density at radius 3 is 2.76 bits per heavy atom. The standard InChI is InChI=1S/C18H14FNO4S/c1-2-23-18(22)15-16(21)14(10-13-4-3-9-24-13)25-17(15)20-12-7-5-11(19)6-8-12/h3-10,21H,2H2,1H3. The summed E-state index contributed by atoms with van der Waals surface area (Å²) in [5.74, 6) is -0.748. The van der Waals surface area contributed by atoms with E-state index in [0.717, 1.165) is 11.8 Å². The predicted molar refractivity (Wildman–Crippen MR) is 94.1 cm³/mol. The Bertz CT molecular complexity index is 867. The van der Waals surface area contributed by atoms with Crippen LogP contribution in [0, 0.1) is 5.82 Å². The van der Waals surface area contributed by atoms with E-state index in [2.05, 4.69) is 4.99 Å². The number of esters is 1. The van der Waals surface area contributed by atoms with Crippen LogP contribution in [-0.2, 0) is 9.53 Å². The smallest absolute Gasteiger partial charge is 0.344 e. The number of furan rings is 1. The fourth-order valence-corrected chi connectivity index (χ4v) is 3.14. The second kappa shape index (κ2) is 7.40. The van der Waals surface area contributed by atoms with Crippen molar-refractivity contribution in [1.29, 1.82) is 0 Å². The van der Waals surface area contributed by atoms with E-state index in [-0.39, 0.29) is 28.8 Å². The summed E-state index contributed by atoms with van der Waals surface area (Å²) in [5.41, 5.74) is 0.437. The zero-order valence-electron chi connectivity index (χ0n) is 13.2. The lowest BCUT2D eigenvalue weighted by atomic mass is 10.2. The van der Waals surface area contributed by atoms with E-state index in [1.54, 1.807) is 25.1 Å². The van der Waals surface area contributed by atoms with Gasteiger partial charge in [0.1, 0.15) is 28.0 Å².